The second-order valence-electron chi connectivity index (χ2n) is 3.84. The minimum Gasteiger partial charge on any atom is -0.494 e. The molecule has 0 N–H and O–H groups in total. The zero-order valence-electron chi connectivity index (χ0n) is 11.0. The monoisotopic (exact) mass is 276 g/mol. The number of carbonyl (C=O) groups excluding carboxylic acids is 1. The molecule has 0 atom stereocenters. The summed E-state index contributed by atoms with van der Waals surface area (Å²) < 4.78 is 10.4. The van der Waals surface area contributed by atoms with Crippen LogP contribution in [0.1, 0.15) is 23.5 Å². The lowest BCUT2D eigenvalue weighted by Gasteiger charge is -2.03. The van der Waals surface area contributed by atoms with E-state index in [4.69, 9.17) is 9.47 Å². The van der Waals surface area contributed by atoms with Gasteiger partial charge in [0, 0.05) is 4.88 Å². The molecular weight excluding hydrogens is 260 g/mol. The van der Waals surface area contributed by atoms with Crippen LogP contribution < -0.4 is 4.74 Å². The van der Waals surface area contributed by atoms with Gasteiger partial charge in [0.1, 0.15) is 10.6 Å². The van der Waals surface area contributed by atoms with Crippen LogP contribution in [0, 0.1) is 0 Å². The van der Waals surface area contributed by atoms with Crippen molar-refractivity contribution in [3.63, 3.8) is 0 Å². The predicted octanol–water partition coefficient (Wildman–Crippen LogP) is 3.99. The Hall–Kier alpha value is -1.81. The lowest BCUT2D eigenvalue weighted by molar-refractivity contribution is 0.0532. The van der Waals surface area contributed by atoms with E-state index in [1.165, 1.54) is 11.3 Å². The first kappa shape index (κ1) is 13.6. The molecular formula is C15H16O3S. The van der Waals surface area contributed by atoms with Gasteiger partial charge in [-0.3, -0.25) is 0 Å². The molecule has 1 aromatic heterocycles. The summed E-state index contributed by atoms with van der Waals surface area (Å²) in [6.45, 7) is 4.82. The zero-order valence-corrected chi connectivity index (χ0v) is 11.8. The molecule has 0 spiro atoms. The van der Waals surface area contributed by atoms with Crippen LogP contribution in [0.2, 0.25) is 0 Å². The maximum Gasteiger partial charge on any atom is 0.348 e. The van der Waals surface area contributed by atoms with E-state index in [1.54, 1.807) is 13.0 Å². The zero-order chi connectivity index (χ0) is 13.7. The van der Waals surface area contributed by atoms with Crippen molar-refractivity contribution < 1.29 is 14.3 Å². The van der Waals surface area contributed by atoms with Gasteiger partial charge in [0.05, 0.1) is 13.2 Å². The van der Waals surface area contributed by atoms with Crippen LogP contribution in [0.3, 0.4) is 0 Å². The molecule has 0 saturated carbocycles. The fourth-order valence-corrected chi connectivity index (χ4v) is 2.59. The third-order valence-electron chi connectivity index (χ3n) is 2.53. The van der Waals surface area contributed by atoms with Gasteiger partial charge in [-0.2, -0.15) is 0 Å². The molecule has 0 fully saturated rings. The van der Waals surface area contributed by atoms with Gasteiger partial charge in [0.15, 0.2) is 0 Å². The molecule has 100 valence electrons. The summed E-state index contributed by atoms with van der Waals surface area (Å²) in [7, 11) is 0. The molecule has 1 heterocycles. The highest BCUT2D eigenvalue weighted by molar-refractivity contribution is 7.17. The van der Waals surface area contributed by atoms with Crippen LogP contribution in [0.25, 0.3) is 10.4 Å². The topological polar surface area (TPSA) is 35.5 Å². The molecule has 0 bridgehead atoms. The van der Waals surface area contributed by atoms with E-state index in [0.717, 1.165) is 16.2 Å². The Kier molecular flexibility index (Phi) is 4.58. The minimum absolute atomic E-state index is 0.260. The maximum absolute atomic E-state index is 11.6. The summed E-state index contributed by atoms with van der Waals surface area (Å²) in [6.07, 6.45) is 0. The average molecular weight is 276 g/mol. The van der Waals surface area contributed by atoms with Crippen molar-refractivity contribution in [3.8, 4) is 16.2 Å². The molecule has 0 aliphatic heterocycles. The first-order valence-corrected chi connectivity index (χ1v) is 7.06. The largest absolute Gasteiger partial charge is 0.494 e. The van der Waals surface area contributed by atoms with Gasteiger partial charge in [0.25, 0.3) is 0 Å². The first-order chi connectivity index (χ1) is 9.24. The Morgan fingerprint density at radius 3 is 2.42 bits per heavy atom. The predicted molar refractivity (Wildman–Crippen MR) is 76.9 cm³/mol. The van der Waals surface area contributed by atoms with Crippen molar-refractivity contribution >= 4 is 17.3 Å². The SMILES string of the molecule is CCOC(=O)c1ccc(-c2ccc(OCC)cc2)s1. The molecule has 19 heavy (non-hydrogen) atoms. The summed E-state index contributed by atoms with van der Waals surface area (Å²) in [6, 6.07) is 11.6. The molecule has 0 aliphatic rings. The number of thiophene rings is 1. The van der Waals surface area contributed by atoms with Gasteiger partial charge in [-0.05, 0) is 55.8 Å². The van der Waals surface area contributed by atoms with Crippen LogP contribution in [0.15, 0.2) is 36.4 Å². The number of carbonyl (C=O) groups is 1. The highest BCUT2D eigenvalue weighted by atomic mass is 32.1. The number of esters is 1. The molecule has 1 aromatic carbocycles. The van der Waals surface area contributed by atoms with Crippen LogP contribution in [0.5, 0.6) is 5.75 Å². The molecule has 3 nitrogen and oxygen atoms in total. The van der Waals surface area contributed by atoms with E-state index in [9.17, 15) is 4.79 Å². The van der Waals surface area contributed by atoms with Crippen LogP contribution in [-0.2, 0) is 4.74 Å². The molecule has 0 amide bonds. The van der Waals surface area contributed by atoms with Gasteiger partial charge in [-0.15, -0.1) is 11.3 Å². The Labute approximate surface area is 116 Å². The number of hydrogen-bond donors (Lipinski definition) is 0. The highest BCUT2D eigenvalue weighted by Crippen LogP contribution is 2.29. The Morgan fingerprint density at radius 2 is 1.79 bits per heavy atom. The highest BCUT2D eigenvalue weighted by Gasteiger charge is 2.10. The standard InChI is InChI=1S/C15H16O3S/c1-3-17-12-7-5-11(6-8-12)13-9-10-14(19-13)15(16)18-4-2/h5-10H,3-4H2,1-2H3. The molecule has 0 radical (unpaired) electrons. The molecule has 4 heteroatoms. The normalized spacial score (nSPS) is 10.2. The van der Waals surface area contributed by atoms with Gasteiger partial charge >= 0.3 is 5.97 Å². The molecule has 0 aliphatic carbocycles. The second-order valence-corrected chi connectivity index (χ2v) is 4.93. The third-order valence-corrected chi connectivity index (χ3v) is 3.65. The minimum atomic E-state index is -0.260. The summed E-state index contributed by atoms with van der Waals surface area (Å²) in [4.78, 5) is 13.3. The van der Waals surface area contributed by atoms with Crippen LogP contribution in [0.4, 0.5) is 0 Å². The number of ether oxygens (including phenoxy) is 2. The summed E-state index contributed by atoms with van der Waals surface area (Å²) in [5.74, 6) is 0.595. The lowest BCUT2D eigenvalue weighted by Crippen LogP contribution is -2.01. The number of rotatable bonds is 5. The van der Waals surface area contributed by atoms with Crippen molar-refractivity contribution in [2.45, 2.75) is 13.8 Å². The molecule has 2 rings (SSSR count). The van der Waals surface area contributed by atoms with Crippen molar-refractivity contribution in [1.29, 1.82) is 0 Å². The third kappa shape index (κ3) is 3.35. The van der Waals surface area contributed by atoms with Crippen molar-refractivity contribution in [2.24, 2.45) is 0 Å². The van der Waals surface area contributed by atoms with Gasteiger partial charge in [-0.1, -0.05) is 0 Å². The molecule has 0 unspecified atom stereocenters. The van der Waals surface area contributed by atoms with E-state index >= 15 is 0 Å². The summed E-state index contributed by atoms with van der Waals surface area (Å²) in [5, 5.41) is 0. The second kappa shape index (κ2) is 6.38. The van der Waals surface area contributed by atoms with E-state index in [2.05, 4.69) is 0 Å². The van der Waals surface area contributed by atoms with E-state index in [-0.39, 0.29) is 5.97 Å². The summed E-state index contributed by atoms with van der Waals surface area (Å²) >= 11 is 1.44. The fraction of sp³-hybridized carbons (Fsp3) is 0.267. The molecule has 2 aromatic rings. The number of benzene rings is 1. The maximum atomic E-state index is 11.6. The van der Waals surface area contributed by atoms with Crippen molar-refractivity contribution in [3.05, 3.63) is 41.3 Å². The van der Waals surface area contributed by atoms with Crippen molar-refractivity contribution in [1.82, 2.24) is 0 Å². The van der Waals surface area contributed by atoms with Gasteiger partial charge in [0.2, 0.25) is 0 Å². The van der Waals surface area contributed by atoms with E-state index in [0.29, 0.717) is 18.1 Å². The van der Waals surface area contributed by atoms with E-state index in [1.807, 2.05) is 37.3 Å². The van der Waals surface area contributed by atoms with E-state index < -0.39 is 0 Å². The van der Waals surface area contributed by atoms with Crippen LogP contribution in [-0.4, -0.2) is 19.2 Å². The quantitative estimate of drug-likeness (QED) is 0.775. The fourth-order valence-electron chi connectivity index (χ4n) is 1.69. The van der Waals surface area contributed by atoms with Gasteiger partial charge < -0.3 is 9.47 Å². The van der Waals surface area contributed by atoms with Crippen LogP contribution >= 0.6 is 11.3 Å². The Morgan fingerprint density at radius 1 is 1.05 bits per heavy atom. The van der Waals surface area contributed by atoms with Gasteiger partial charge in [-0.25, -0.2) is 4.79 Å². The lowest BCUT2D eigenvalue weighted by atomic mass is 10.2. The number of hydrogen-bond acceptors (Lipinski definition) is 4. The summed E-state index contributed by atoms with van der Waals surface area (Å²) in [5.41, 5.74) is 1.07. The average Bonchev–Trinajstić information content (AvgIpc) is 2.90. The molecule has 0 saturated heterocycles. The first-order valence-electron chi connectivity index (χ1n) is 6.24. The Balaban J connectivity index is 2.15. The van der Waals surface area contributed by atoms with Crippen molar-refractivity contribution in [2.75, 3.05) is 13.2 Å². The Bertz CT molecular complexity index is 543. The smallest absolute Gasteiger partial charge is 0.348 e.